The zero-order valence-electron chi connectivity index (χ0n) is 10.4. The highest BCUT2D eigenvalue weighted by Gasteiger charge is 2.22. The number of carbonyl (C=O) groups excluding carboxylic acids is 1. The van der Waals surface area contributed by atoms with E-state index in [9.17, 15) is 4.79 Å². The zero-order valence-corrected chi connectivity index (χ0v) is 10.4. The number of hydrogen-bond acceptors (Lipinski definition) is 2. The lowest BCUT2D eigenvalue weighted by atomic mass is 10.1. The summed E-state index contributed by atoms with van der Waals surface area (Å²) < 4.78 is 4.90. The number of rotatable bonds is 8. The van der Waals surface area contributed by atoms with Crippen molar-refractivity contribution in [1.29, 1.82) is 0 Å². The number of cyclic esters (lactones) is 1. The van der Waals surface area contributed by atoms with Gasteiger partial charge in [-0.2, -0.15) is 0 Å². The fourth-order valence-corrected chi connectivity index (χ4v) is 1.99. The van der Waals surface area contributed by atoms with E-state index in [0.29, 0.717) is 6.61 Å². The largest absolute Gasteiger partial charge is 0.465 e. The Labute approximate surface area is 99.1 Å². The van der Waals surface area contributed by atoms with Gasteiger partial charge in [-0.05, 0) is 19.3 Å². The van der Waals surface area contributed by atoms with Crippen molar-refractivity contribution in [1.82, 2.24) is 0 Å². The quantitative estimate of drug-likeness (QED) is 0.355. The maximum Gasteiger partial charge on any atom is 0.312 e. The molecule has 0 aromatic heterocycles. The molecule has 1 aliphatic heterocycles. The van der Waals surface area contributed by atoms with Crippen molar-refractivity contribution in [3.8, 4) is 0 Å². The number of esters is 1. The zero-order chi connectivity index (χ0) is 11.6. The summed E-state index contributed by atoms with van der Waals surface area (Å²) in [5, 5.41) is 0. The molecule has 0 aromatic carbocycles. The Bertz CT molecular complexity index is 221. The average molecular weight is 224 g/mol. The van der Waals surface area contributed by atoms with Crippen LogP contribution in [0.2, 0.25) is 0 Å². The lowest BCUT2D eigenvalue weighted by Crippen LogP contribution is -2.03. The maximum atomic E-state index is 11.1. The molecular weight excluding hydrogens is 200 g/mol. The molecule has 0 N–H and O–H groups in total. The minimum absolute atomic E-state index is 0.0418. The predicted octanol–water partition coefficient (Wildman–Crippen LogP) is 3.86. The van der Waals surface area contributed by atoms with Crippen LogP contribution in [0.4, 0.5) is 0 Å². The van der Waals surface area contributed by atoms with E-state index >= 15 is 0 Å². The molecule has 0 radical (unpaired) electrons. The van der Waals surface area contributed by atoms with Gasteiger partial charge in [-0.25, -0.2) is 0 Å². The van der Waals surface area contributed by atoms with E-state index in [1.807, 2.05) is 6.08 Å². The van der Waals surface area contributed by atoms with Crippen LogP contribution in [0.5, 0.6) is 0 Å². The van der Waals surface area contributed by atoms with Crippen LogP contribution in [0, 0.1) is 5.92 Å². The van der Waals surface area contributed by atoms with E-state index in [2.05, 4.69) is 13.0 Å². The Balaban J connectivity index is 1.94. The van der Waals surface area contributed by atoms with Crippen LogP contribution in [0.1, 0.15) is 58.3 Å². The van der Waals surface area contributed by atoms with Crippen LogP contribution in [0.25, 0.3) is 0 Å². The van der Waals surface area contributed by atoms with E-state index in [0.717, 1.165) is 12.8 Å². The third-order valence-corrected chi connectivity index (χ3v) is 3.07. The average Bonchev–Trinajstić information content (AvgIpc) is 2.68. The van der Waals surface area contributed by atoms with Gasteiger partial charge in [-0.1, -0.05) is 51.2 Å². The highest BCUT2D eigenvalue weighted by Crippen LogP contribution is 2.16. The summed E-state index contributed by atoms with van der Waals surface area (Å²) in [6, 6.07) is 0. The van der Waals surface area contributed by atoms with Crippen molar-refractivity contribution in [3.63, 3.8) is 0 Å². The normalized spacial score (nSPS) is 20.6. The van der Waals surface area contributed by atoms with E-state index in [1.54, 1.807) is 0 Å². The molecule has 0 aromatic rings. The standard InChI is InChI=1S/C14H24O2/c1-2-3-4-5-6-7-8-9-10-13-11-12-16-14(13)15/h9-10,13H,2-8,11-12H2,1H3. The van der Waals surface area contributed by atoms with Crippen LogP contribution in [0.15, 0.2) is 12.2 Å². The monoisotopic (exact) mass is 224 g/mol. The Morgan fingerprint density at radius 1 is 1.25 bits per heavy atom. The molecule has 1 saturated heterocycles. The number of hydrogen-bond donors (Lipinski definition) is 0. The Kier molecular flexibility index (Phi) is 6.95. The van der Waals surface area contributed by atoms with Crippen LogP contribution in [-0.2, 0) is 9.53 Å². The molecule has 1 fully saturated rings. The van der Waals surface area contributed by atoms with Crippen LogP contribution < -0.4 is 0 Å². The van der Waals surface area contributed by atoms with Crippen LogP contribution in [0.3, 0.4) is 0 Å². The highest BCUT2D eigenvalue weighted by atomic mass is 16.5. The summed E-state index contributed by atoms with van der Waals surface area (Å²) in [5.74, 6) is -0.000660. The van der Waals surface area contributed by atoms with Gasteiger partial charge in [0.05, 0.1) is 12.5 Å². The number of carbonyl (C=O) groups is 1. The third kappa shape index (κ3) is 5.34. The lowest BCUT2D eigenvalue weighted by molar-refractivity contribution is -0.140. The molecule has 16 heavy (non-hydrogen) atoms. The fraction of sp³-hybridized carbons (Fsp3) is 0.786. The van der Waals surface area contributed by atoms with Crippen molar-refractivity contribution < 1.29 is 9.53 Å². The maximum absolute atomic E-state index is 11.1. The van der Waals surface area contributed by atoms with E-state index in [4.69, 9.17) is 4.74 Å². The molecule has 92 valence electrons. The first kappa shape index (κ1) is 13.3. The van der Waals surface area contributed by atoms with E-state index in [-0.39, 0.29) is 11.9 Å². The molecule has 1 atom stereocenters. The Morgan fingerprint density at radius 3 is 2.69 bits per heavy atom. The summed E-state index contributed by atoms with van der Waals surface area (Å²) in [7, 11) is 0. The lowest BCUT2D eigenvalue weighted by Gasteiger charge is -1.99. The van der Waals surface area contributed by atoms with Crippen molar-refractivity contribution in [2.24, 2.45) is 5.92 Å². The molecule has 1 heterocycles. The first-order valence-electron chi connectivity index (χ1n) is 6.68. The predicted molar refractivity (Wildman–Crippen MR) is 66.2 cm³/mol. The van der Waals surface area contributed by atoms with Gasteiger partial charge in [0.15, 0.2) is 0 Å². The third-order valence-electron chi connectivity index (χ3n) is 3.07. The SMILES string of the molecule is CCCCCCCCC=CC1CCOC1=O. The fourth-order valence-electron chi connectivity index (χ4n) is 1.99. The van der Waals surface area contributed by atoms with Gasteiger partial charge in [0.1, 0.15) is 0 Å². The van der Waals surface area contributed by atoms with Crippen molar-refractivity contribution in [2.45, 2.75) is 58.3 Å². The Hall–Kier alpha value is -0.790. The van der Waals surface area contributed by atoms with Gasteiger partial charge in [-0.3, -0.25) is 4.79 Å². The molecule has 0 spiro atoms. The van der Waals surface area contributed by atoms with Crippen LogP contribution >= 0.6 is 0 Å². The number of allylic oxidation sites excluding steroid dienone is 1. The highest BCUT2D eigenvalue weighted by molar-refractivity contribution is 5.76. The summed E-state index contributed by atoms with van der Waals surface area (Å²) >= 11 is 0. The topological polar surface area (TPSA) is 26.3 Å². The minimum Gasteiger partial charge on any atom is -0.465 e. The molecule has 0 bridgehead atoms. The van der Waals surface area contributed by atoms with Gasteiger partial charge in [-0.15, -0.1) is 0 Å². The summed E-state index contributed by atoms with van der Waals surface area (Å²) in [5.41, 5.74) is 0. The molecule has 2 heteroatoms. The van der Waals surface area contributed by atoms with Crippen molar-refractivity contribution in [2.75, 3.05) is 6.61 Å². The first-order chi connectivity index (χ1) is 7.84. The molecular formula is C14H24O2. The van der Waals surface area contributed by atoms with Gasteiger partial charge in [0.25, 0.3) is 0 Å². The second-order valence-electron chi connectivity index (χ2n) is 4.55. The van der Waals surface area contributed by atoms with E-state index in [1.165, 1.54) is 38.5 Å². The number of ether oxygens (including phenoxy) is 1. The molecule has 0 aliphatic carbocycles. The molecule has 0 amide bonds. The summed E-state index contributed by atoms with van der Waals surface area (Å²) in [6.45, 7) is 2.84. The van der Waals surface area contributed by atoms with Crippen LogP contribution in [-0.4, -0.2) is 12.6 Å². The summed E-state index contributed by atoms with van der Waals surface area (Å²) in [4.78, 5) is 11.1. The smallest absolute Gasteiger partial charge is 0.312 e. The molecule has 1 rings (SSSR count). The first-order valence-corrected chi connectivity index (χ1v) is 6.68. The second kappa shape index (κ2) is 8.37. The van der Waals surface area contributed by atoms with Crippen molar-refractivity contribution in [3.05, 3.63) is 12.2 Å². The molecule has 2 nitrogen and oxygen atoms in total. The summed E-state index contributed by atoms with van der Waals surface area (Å²) in [6.07, 6.45) is 14.1. The van der Waals surface area contributed by atoms with Gasteiger partial charge >= 0.3 is 5.97 Å². The molecule has 0 saturated carbocycles. The molecule has 1 unspecified atom stereocenters. The van der Waals surface area contributed by atoms with Gasteiger partial charge in [0, 0.05) is 0 Å². The Morgan fingerprint density at radius 2 is 2.00 bits per heavy atom. The molecule has 1 aliphatic rings. The second-order valence-corrected chi connectivity index (χ2v) is 4.55. The van der Waals surface area contributed by atoms with Gasteiger partial charge < -0.3 is 4.74 Å². The van der Waals surface area contributed by atoms with Gasteiger partial charge in [0.2, 0.25) is 0 Å². The van der Waals surface area contributed by atoms with Crippen molar-refractivity contribution >= 4 is 5.97 Å². The van der Waals surface area contributed by atoms with E-state index < -0.39 is 0 Å². The minimum atomic E-state index is -0.0424. The number of unbranched alkanes of at least 4 members (excludes halogenated alkanes) is 6.